The van der Waals surface area contributed by atoms with Crippen molar-refractivity contribution in [3.8, 4) is 5.75 Å². The molecule has 2 rings (SSSR count). The molecule has 5 nitrogen and oxygen atoms in total. The van der Waals surface area contributed by atoms with Crippen LogP contribution in [-0.2, 0) is 6.42 Å². The molecule has 0 aliphatic rings. The fraction of sp³-hybridized carbons (Fsp3) is 0.200. The predicted octanol–water partition coefficient (Wildman–Crippen LogP) is 1.65. The van der Waals surface area contributed by atoms with E-state index in [1.54, 1.807) is 31.2 Å². The van der Waals surface area contributed by atoms with Crippen molar-refractivity contribution in [1.82, 2.24) is 10.3 Å². The molecular weight excluding hydrogens is 254 g/mol. The number of anilines is 1. The van der Waals surface area contributed by atoms with Crippen LogP contribution in [0.1, 0.15) is 21.6 Å². The molecule has 0 spiro atoms. The van der Waals surface area contributed by atoms with Gasteiger partial charge in [-0.3, -0.25) is 4.79 Å². The van der Waals surface area contributed by atoms with E-state index in [-0.39, 0.29) is 11.7 Å². The number of carbonyl (C=O) groups excluding carboxylic acids is 1. The van der Waals surface area contributed by atoms with Crippen LogP contribution in [0.5, 0.6) is 5.75 Å². The first-order valence-corrected chi connectivity index (χ1v) is 6.35. The summed E-state index contributed by atoms with van der Waals surface area (Å²) in [6.07, 6.45) is 0.700. The Hall–Kier alpha value is -2.56. The first kappa shape index (κ1) is 13.9. The number of rotatable bonds is 4. The Morgan fingerprint density at radius 3 is 2.65 bits per heavy atom. The van der Waals surface area contributed by atoms with Gasteiger partial charge in [-0.2, -0.15) is 0 Å². The van der Waals surface area contributed by atoms with Gasteiger partial charge in [-0.25, -0.2) is 4.98 Å². The van der Waals surface area contributed by atoms with Gasteiger partial charge in [0.05, 0.1) is 0 Å². The van der Waals surface area contributed by atoms with Crippen LogP contribution in [-0.4, -0.2) is 22.5 Å². The molecule has 0 fully saturated rings. The van der Waals surface area contributed by atoms with E-state index in [0.717, 1.165) is 5.56 Å². The smallest absolute Gasteiger partial charge is 0.251 e. The Morgan fingerprint density at radius 2 is 2.00 bits per heavy atom. The van der Waals surface area contributed by atoms with Crippen LogP contribution < -0.4 is 11.1 Å². The van der Waals surface area contributed by atoms with Crippen molar-refractivity contribution in [3.63, 3.8) is 0 Å². The van der Waals surface area contributed by atoms with Gasteiger partial charge in [0.25, 0.3) is 5.91 Å². The Morgan fingerprint density at radius 1 is 1.30 bits per heavy atom. The number of aromatic nitrogens is 1. The summed E-state index contributed by atoms with van der Waals surface area (Å²) in [5, 5.41) is 12.0. The lowest BCUT2D eigenvalue weighted by atomic mass is 10.1. The molecule has 0 radical (unpaired) electrons. The van der Waals surface area contributed by atoms with Crippen LogP contribution in [0.15, 0.2) is 36.4 Å². The van der Waals surface area contributed by atoms with E-state index < -0.39 is 0 Å². The highest BCUT2D eigenvalue weighted by Gasteiger charge is 2.07. The lowest BCUT2D eigenvalue weighted by molar-refractivity contribution is 0.0954. The molecule has 1 aromatic carbocycles. The number of phenolic OH excluding ortho intramolecular Hbond substituents is 1. The largest absolute Gasteiger partial charge is 0.508 e. The standard InChI is InChI=1S/C15H17N3O2/c1-10-8-12(9-14(16)18-10)15(20)17-7-6-11-2-4-13(19)5-3-11/h2-5,8-9,19H,6-7H2,1H3,(H2,16,18)(H,17,20). The third-order valence-corrected chi connectivity index (χ3v) is 2.87. The molecule has 0 saturated heterocycles. The second-order valence-corrected chi connectivity index (χ2v) is 4.59. The minimum absolute atomic E-state index is 0.166. The van der Waals surface area contributed by atoms with Gasteiger partial charge >= 0.3 is 0 Å². The van der Waals surface area contributed by atoms with Gasteiger partial charge in [-0.05, 0) is 43.2 Å². The van der Waals surface area contributed by atoms with Crippen LogP contribution in [0, 0.1) is 6.92 Å². The second-order valence-electron chi connectivity index (χ2n) is 4.59. The van der Waals surface area contributed by atoms with Gasteiger partial charge in [0, 0.05) is 17.8 Å². The number of aromatic hydroxyl groups is 1. The van der Waals surface area contributed by atoms with Gasteiger partial charge in [0.15, 0.2) is 0 Å². The number of nitrogens with one attached hydrogen (secondary N) is 1. The molecular formula is C15H17N3O2. The number of phenols is 1. The lowest BCUT2D eigenvalue weighted by Crippen LogP contribution is -2.26. The summed E-state index contributed by atoms with van der Waals surface area (Å²) in [5.74, 6) is 0.412. The quantitative estimate of drug-likeness (QED) is 0.789. The molecule has 1 heterocycles. The molecule has 2 aromatic rings. The summed E-state index contributed by atoms with van der Waals surface area (Å²) in [7, 11) is 0. The number of benzene rings is 1. The van der Waals surface area contributed by atoms with E-state index >= 15 is 0 Å². The molecule has 0 bridgehead atoms. The number of nitrogens with two attached hydrogens (primary N) is 1. The van der Waals surface area contributed by atoms with Crippen LogP contribution in [0.3, 0.4) is 0 Å². The summed E-state index contributed by atoms with van der Waals surface area (Å²) in [5.41, 5.74) is 7.90. The van der Waals surface area contributed by atoms with E-state index in [4.69, 9.17) is 5.73 Å². The average Bonchev–Trinajstić information content (AvgIpc) is 2.40. The molecule has 0 saturated carbocycles. The summed E-state index contributed by atoms with van der Waals surface area (Å²) in [6.45, 7) is 2.31. The minimum Gasteiger partial charge on any atom is -0.508 e. The molecule has 4 N–H and O–H groups in total. The zero-order valence-corrected chi connectivity index (χ0v) is 11.3. The van der Waals surface area contributed by atoms with Crippen molar-refractivity contribution in [2.45, 2.75) is 13.3 Å². The summed E-state index contributed by atoms with van der Waals surface area (Å²) < 4.78 is 0. The second kappa shape index (κ2) is 6.06. The number of aryl methyl sites for hydroxylation is 1. The fourth-order valence-corrected chi connectivity index (χ4v) is 1.91. The fourth-order valence-electron chi connectivity index (χ4n) is 1.91. The van der Waals surface area contributed by atoms with E-state index in [1.807, 2.05) is 12.1 Å². The minimum atomic E-state index is -0.166. The maximum absolute atomic E-state index is 12.0. The van der Waals surface area contributed by atoms with Crippen molar-refractivity contribution in [2.75, 3.05) is 12.3 Å². The highest BCUT2D eigenvalue weighted by molar-refractivity contribution is 5.94. The van der Waals surface area contributed by atoms with Crippen LogP contribution in [0.4, 0.5) is 5.82 Å². The zero-order chi connectivity index (χ0) is 14.5. The third-order valence-electron chi connectivity index (χ3n) is 2.87. The van der Waals surface area contributed by atoms with Gasteiger partial charge < -0.3 is 16.2 Å². The molecule has 0 aliphatic carbocycles. The van der Waals surface area contributed by atoms with Crippen molar-refractivity contribution in [3.05, 3.63) is 53.2 Å². The molecule has 20 heavy (non-hydrogen) atoms. The lowest BCUT2D eigenvalue weighted by Gasteiger charge is -2.07. The van der Waals surface area contributed by atoms with E-state index in [0.29, 0.717) is 30.0 Å². The van der Waals surface area contributed by atoms with Crippen molar-refractivity contribution < 1.29 is 9.90 Å². The highest BCUT2D eigenvalue weighted by Crippen LogP contribution is 2.10. The number of nitrogens with zero attached hydrogens (tertiary/aromatic N) is 1. The van der Waals surface area contributed by atoms with Crippen molar-refractivity contribution in [1.29, 1.82) is 0 Å². The molecule has 104 valence electrons. The van der Waals surface area contributed by atoms with Gasteiger partial charge in [0.2, 0.25) is 0 Å². The third kappa shape index (κ3) is 3.71. The van der Waals surface area contributed by atoms with E-state index in [9.17, 15) is 9.90 Å². The van der Waals surface area contributed by atoms with E-state index in [2.05, 4.69) is 10.3 Å². The first-order chi connectivity index (χ1) is 9.54. The molecule has 0 unspecified atom stereocenters. The Balaban J connectivity index is 1.90. The number of amides is 1. The average molecular weight is 271 g/mol. The maximum atomic E-state index is 12.0. The molecule has 5 heteroatoms. The first-order valence-electron chi connectivity index (χ1n) is 6.35. The Labute approximate surface area is 117 Å². The summed E-state index contributed by atoms with van der Waals surface area (Å²) >= 11 is 0. The number of pyridine rings is 1. The predicted molar refractivity (Wildman–Crippen MR) is 77.5 cm³/mol. The molecule has 0 aliphatic heterocycles. The number of carbonyl (C=O) groups is 1. The van der Waals surface area contributed by atoms with E-state index in [1.165, 1.54) is 0 Å². The normalized spacial score (nSPS) is 10.2. The molecule has 0 atom stereocenters. The van der Waals surface area contributed by atoms with Crippen molar-refractivity contribution >= 4 is 11.7 Å². The zero-order valence-electron chi connectivity index (χ0n) is 11.3. The Bertz CT molecular complexity index is 589. The van der Waals surface area contributed by atoms with Crippen LogP contribution in [0.2, 0.25) is 0 Å². The van der Waals surface area contributed by atoms with Gasteiger partial charge in [-0.15, -0.1) is 0 Å². The number of hydrogen-bond acceptors (Lipinski definition) is 4. The molecule has 1 aromatic heterocycles. The van der Waals surface area contributed by atoms with Gasteiger partial charge in [0.1, 0.15) is 11.6 Å². The van der Waals surface area contributed by atoms with Crippen LogP contribution in [0.25, 0.3) is 0 Å². The molecule has 1 amide bonds. The van der Waals surface area contributed by atoms with Gasteiger partial charge in [-0.1, -0.05) is 12.1 Å². The topological polar surface area (TPSA) is 88.2 Å². The Kier molecular flexibility index (Phi) is 4.20. The summed E-state index contributed by atoms with van der Waals surface area (Å²) in [4.78, 5) is 16.0. The van der Waals surface area contributed by atoms with Crippen LogP contribution >= 0.6 is 0 Å². The van der Waals surface area contributed by atoms with Crippen molar-refractivity contribution in [2.24, 2.45) is 0 Å². The SMILES string of the molecule is Cc1cc(C(=O)NCCc2ccc(O)cc2)cc(N)n1. The number of hydrogen-bond donors (Lipinski definition) is 3. The monoisotopic (exact) mass is 271 g/mol. The maximum Gasteiger partial charge on any atom is 0.251 e. The summed E-state index contributed by atoms with van der Waals surface area (Å²) in [6, 6.07) is 10.2. The highest BCUT2D eigenvalue weighted by atomic mass is 16.3. The number of nitrogen functional groups attached to an aromatic ring is 1.